The molecule has 0 saturated heterocycles. The van der Waals surface area contributed by atoms with E-state index in [2.05, 4.69) is 20.2 Å². The monoisotopic (exact) mass is 466 g/mol. The van der Waals surface area contributed by atoms with Gasteiger partial charge in [-0.15, -0.1) is 10.2 Å². The van der Waals surface area contributed by atoms with Crippen molar-refractivity contribution in [1.82, 2.24) is 20.2 Å². The molecule has 3 aromatic rings. The standard InChI is InChI=1S/C23H26N6O3S/c1-13(2)33(30,31)18-10-8-16(9-11-18)19-12-26-21(25)20(27-19)23-29-28-22(32-23)17-6-4-15(5-7-17)14(3)24/h4,6-15H,5,24H2,1-3H3,(H2,25,26)/t14-,15?/m0/s1. The third-order valence-corrected chi connectivity index (χ3v) is 7.75. The van der Waals surface area contributed by atoms with Crippen molar-refractivity contribution >= 4 is 21.2 Å². The fourth-order valence-corrected chi connectivity index (χ4v) is 4.46. The van der Waals surface area contributed by atoms with Crippen molar-refractivity contribution in [1.29, 1.82) is 0 Å². The normalized spacial score (nSPS) is 17.2. The summed E-state index contributed by atoms with van der Waals surface area (Å²) in [5.41, 5.74) is 14.3. The fraction of sp³-hybridized carbons (Fsp3) is 0.304. The van der Waals surface area contributed by atoms with Gasteiger partial charge in [-0.25, -0.2) is 18.4 Å². The van der Waals surface area contributed by atoms with E-state index < -0.39 is 15.1 Å². The van der Waals surface area contributed by atoms with Gasteiger partial charge in [0.2, 0.25) is 5.89 Å². The van der Waals surface area contributed by atoms with Gasteiger partial charge in [0, 0.05) is 17.2 Å². The third kappa shape index (κ3) is 4.57. The molecule has 33 heavy (non-hydrogen) atoms. The van der Waals surface area contributed by atoms with Gasteiger partial charge < -0.3 is 15.9 Å². The average molecular weight is 467 g/mol. The molecule has 0 bridgehead atoms. The Labute approximate surface area is 192 Å². The van der Waals surface area contributed by atoms with E-state index in [-0.39, 0.29) is 34.3 Å². The summed E-state index contributed by atoms with van der Waals surface area (Å²) < 4.78 is 30.6. The molecule has 0 spiro atoms. The van der Waals surface area contributed by atoms with E-state index in [0.717, 1.165) is 12.0 Å². The Kier molecular flexibility index (Phi) is 6.13. The maximum Gasteiger partial charge on any atom is 0.270 e. The molecule has 0 amide bonds. The van der Waals surface area contributed by atoms with Crippen molar-refractivity contribution in [3.8, 4) is 22.8 Å². The molecule has 1 aromatic carbocycles. The summed E-state index contributed by atoms with van der Waals surface area (Å²) in [6, 6.07) is 6.56. The number of anilines is 1. The van der Waals surface area contributed by atoms with E-state index >= 15 is 0 Å². The molecule has 2 aromatic heterocycles. The molecule has 2 heterocycles. The Bertz CT molecular complexity index is 1320. The first-order valence-electron chi connectivity index (χ1n) is 10.6. The Morgan fingerprint density at radius 1 is 1.09 bits per heavy atom. The minimum Gasteiger partial charge on any atom is -0.414 e. The molecule has 0 fully saturated rings. The first-order valence-corrected chi connectivity index (χ1v) is 12.2. The van der Waals surface area contributed by atoms with Gasteiger partial charge in [0.05, 0.1) is 22.0 Å². The Morgan fingerprint density at radius 2 is 1.79 bits per heavy atom. The number of sulfone groups is 1. The summed E-state index contributed by atoms with van der Waals surface area (Å²) >= 11 is 0. The van der Waals surface area contributed by atoms with E-state index in [4.69, 9.17) is 15.9 Å². The van der Waals surface area contributed by atoms with Crippen LogP contribution in [0, 0.1) is 5.92 Å². The Hall–Kier alpha value is -3.37. The lowest BCUT2D eigenvalue weighted by molar-refractivity contribution is 0.531. The number of nitrogens with zero attached hydrogens (tertiary/aromatic N) is 4. The quantitative estimate of drug-likeness (QED) is 0.557. The van der Waals surface area contributed by atoms with Crippen LogP contribution in [0.25, 0.3) is 28.4 Å². The topological polar surface area (TPSA) is 151 Å². The van der Waals surface area contributed by atoms with Gasteiger partial charge >= 0.3 is 0 Å². The maximum atomic E-state index is 12.4. The number of nitrogens with two attached hydrogens (primary N) is 2. The number of benzene rings is 1. The largest absolute Gasteiger partial charge is 0.414 e. The number of hydrogen-bond acceptors (Lipinski definition) is 9. The van der Waals surface area contributed by atoms with Gasteiger partial charge in [-0.05, 0) is 45.2 Å². The van der Waals surface area contributed by atoms with Crippen molar-refractivity contribution in [2.75, 3.05) is 5.73 Å². The lowest BCUT2D eigenvalue weighted by Crippen LogP contribution is -2.25. The van der Waals surface area contributed by atoms with Crippen molar-refractivity contribution in [2.24, 2.45) is 11.7 Å². The summed E-state index contributed by atoms with van der Waals surface area (Å²) in [5, 5.41) is 7.72. The molecule has 172 valence electrons. The number of nitrogen functional groups attached to an aromatic ring is 1. The molecule has 4 rings (SSSR count). The zero-order valence-electron chi connectivity index (χ0n) is 18.6. The highest BCUT2D eigenvalue weighted by Gasteiger charge is 2.21. The van der Waals surface area contributed by atoms with Crippen molar-refractivity contribution in [2.45, 2.75) is 43.4 Å². The van der Waals surface area contributed by atoms with Gasteiger partial charge in [-0.3, -0.25) is 0 Å². The minimum atomic E-state index is -3.36. The smallest absolute Gasteiger partial charge is 0.270 e. The molecule has 2 atom stereocenters. The van der Waals surface area contributed by atoms with E-state index in [1.54, 1.807) is 38.1 Å². The average Bonchev–Trinajstić information content (AvgIpc) is 3.29. The molecule has 0 saturated carbocycles. The van der Waals surface area contributed by atoms with Crippen LogP contribution in [-0.4, -0.2) is 39.9 Å². The fourth-order valence-electron chi connectivity index (χ4n) is 3.40. The second-order valence-electron chi connectivity index (χ2n) is 8.30. The predicted octanol–water partition coefficient (Wildman–Crippen LogP) is 3.26. The maximum absolute atomic E-state index is 12.4. The first kappa shape index (κ1) is 22.8. The molecule has 1 aliphatic carbocycles. The highest BCUT2D eigenvalue weighted by atomic mass is 32.2. The first-order chi connectivity index (χ1) is 15.7. The van der Waals surface area contributed by atoms with Crippen LogP contribution in [0.1, 0.15) is 33.1 Å². The number of aromatic nitrogens is 4. The summed E-state index contributed by atoms with van der Waals surface area (Å²) in [5.74, 6) is 0.938. The zero-order chi connectivity index (χ0) is 23.8. The summed E-state index contributed by atoms with van der Waals surface area (Å²) in [6.45, 7) is 5.27. The lowest BCUT2D eigenvalue weighted by atomic mass is 9.91. The van der Waals surface area contributed by atoms with Gasteiger partial charge in [0.25, 0.3) is 5.89 Å². The molecular weight excluding hydrogens is 440 g/mol. The number of allylic oxidation sites excluding steroid dienone is 3. The molecule has 4 N–H and O–H groups in total. The molecule has 0 radical (unpaired) electrons. The predicted molar refractivity (Wildman–Crippen MR) is 126 cm³/mol. The van der Waals surface area contributed by atoms with Gasteiger partial charge in [0.1, 0.15) is 0 Å². The Balaban J connectivity index is 1.61. The van der Waals surface area contributed by atoms with Crippen LogP contribution in [0.15, 0.2) is 58.0 Å². The van der Waals surface area contributed by atoms with Crippen LogP contribution in [0.4, 0.5) is 5.82 Å². The zero-order valence-corrected chi connectivity index (χ0v) is 19.5. The number of hydrogen-bond donors (Lipinski definition) is 2. The second kappa shape index (κ2) is 8.87. The molecule has 1 aliphatic rings. The molecular formula is C23H26N6O3S. The van der Waals surface area contributed by atoms with Crippen molar-refractivity contribution in [3.63, 3.8) is 0 Å². The van der Waals surface area contributed by atoms with Crippen LogP contribution < -0.4 is 11.5 Å². The molecule has 10 heteroatoms. The number of rotatable bonds is 6. The van der Waals surface area contributed by atoms with Crippen molar-refractivity contribution in [3.05, 3.63) is 54.6 Å². The van der Waals surface area contributed by atoms with E-state index in [9.17, 15) is 8.42 Å². The van der Waals surface area contributed by atoms with Crippen molar-refractivity contribution < 1.29 is 12.8 Å². The third-order valence-electron chi connectivity index (χ3n) is 5.58. The van der Waals surface area contributed by atoms with Crippen LogP contribution in [0.2, 0.25) is 0 Å². The highest BCUT2D eigenvalue weighted by molar-refractivity contribution is 7.92. The lowest BCUT2D eigenvalue weighted by Gasteiger charge is -2.18. The SMILES string of the molecule is CC(C)S(=O)(=O)c1ccc(-c2cnc(N)c(-c3nnc(C4=CCC([C@H](C)N)C=C4)o3)n2)cc1. The van der Waals surface area contributed by atoms with Crippen LogP contribution in [0.5, 0.6) is 0 Å². The molecule has 0 aliphatic heterocycles. The van der Waals surface area contributed by atoms with Crippen LogP contribution >= 0.6 is 0 Å². The van der Waals surface area contributed by atoms with Gasteiger partial charge in [-0.2, -0.15) is 0 Å². The van der Waals surface area contributed by atoms with Gasteiger partial charge in [-0.1, -0.05) is 30.4 Å². The Morgan fingerprint density at radius 3 is 2.39 bits per heavy atom. The molecule has 9 nitrogen and oxygen atoms in total. The van der Waals surface area contributed by atoms with E-state index in [1.165, 1.54) is 6.20 Å². The summed E-state index contributed by atoms with van der Waals surface area (Å²) in [4.78, 5) is 9.01. The highest BCUT2D eigenvalue weighted by Crippen LogP contribution is 2.30. The second-order valence-corrected chi connectivity index (χ2v) is 10.8. The van der Waals surface area contributed by atoms with E-state index in [0.29, 0.717) is 17.1 Å². The van der Waals surface area contributed by atoms with Crippen LogP contribution in [-0.2, 0) is 9.84 Å². The summed E-state index contributed by atoms with van der Waals surface area (Å²) in [7, 11) is -3.36. The van der Waals surface area contributed by atoms with Crippen LogP contribution in [0.3, 0.4) is 0 Å². The van der Waals surface area contributed by atoms with Gasteiger partial charge in [0.15, 0.2) is 21.3 Å². The summed E-state index contributed by atoms with van der Waals surface area (Å²) in [6.07, 6.45) is 8.29. The van der Waals surface area contributed by atoms with E-state index in [1.807, 2.05) is 25.2 Å². The molecule has 1 unspecified atom stereocenters. The minimum absolute atomic E-state index is 0.0645.